The van der Waals surface area contributed by atoms with E-state index in [4.69, 9.17) is 0 Å². The fraction of sp³-hybridized carbons (Fsp3) is 0.571. The first-order valence-corrected chi connectivity index (χ1v) is 12.3. The summed E-state index contributed by atoms with van der Waals surface area (Å²) in [5.74, 6) is -0.280. The van der Waals surface area contributed by atoms with Crippen molar-refractivity contribution in [3.8, 4) is 0 Å². The number of unbranched alkanes of at least 4 members (excludes halogenated alkanes) is 3. The largest absolute Gasteiger partial charge is 0.207 e. The molecule has 0 nitrogen and oxygen atoms in total. The average Bonchev–Trinajstić information content (AvgIpc) is 2.76. The fourth-order valence-corrected chi connectivity index (χ4v) is 5.85. The summed E-state index contributed by atoms with van der Waals surface area (Å²) in [5, 5.41) is 0. The molecular formula is C28H35F3. The highest BCUT2D eigenvalue weighted by Crippen LogP contribution is 2.41. The predicted octanol–water partition coefficient (Wildman–Crippen LogP) is 8.62. The summed E-state index contributed by atoms with van der Waals surface area (Å²) in [7, 11) is 0. The van der Waals surface area contributed by atoms with Gasteiger partial charge in [0.1, 0.15) is 17.5 Å². The van der Waals surface area contributed by atoms with Gasteiger partial charge in [-0.05, 0) is 104 Å². The molecule has 0 amide bonds. The maximum absolute atomic E-state index is 15.1. The van der Waals surface area contributed by atoms with E-state index in [9.17, 15) is 4.39 Å². The molecule has 4 rings (SSSR count). The Morgan fingerprint density at radius 1 is 0.774 bits per heavy atom. The number of rotatable bonds is 7. The normalized spacial score (nSPS) is 23.5. The van der Waals surface area contributed by atoms with Crippen molar-refractivity contribution < 1.29 is 13.2 Å². The first-order chi connectivity index (χ1) is 15.0. The van der Waals surface area contributed by atoms with Gasteiger partial charge in [-0.1, -0.05) is 45.1 Å². The molecule has 0 spiro atoms. The summed E-state index contributed by atoms with van der Waals surface area (Å²) in [6, 6.07) is 7.97. The zero-order chi connectivity index (χ0) is 21.8. The van der Waals surface area contributed by atoms with E-state index in [1.54, 1.807) is 18.2 Å². The second-order valence-corrected chi connectivity index (χ2v) is 9.82. The maximum Gasteiger partial charge on any atom is 0.129 e. The van der Waals surface area contributed by atoms with Crippen LogP contribution in [0.25, 0.3) is 0 Å². The Morgan fingerprint density at radius 3 is 2.23 bits per heavy atom. The molecule has 2 aliphatic rings. The molecule has 3 heteroatoms. The van der Waals surface area contributed by atoms with Gasteiger partial charge in [0.25, 0.3) is 0 Å². The molecule has 0 N–H and O–H groups in total. The van der Waals surface area contributed by atoms with Gasteiger partial charge in [-0.2, -0.15) is 0 Å². The lowest BCUT2D eigenvalue weighted by Crippen LogP contribution is -2.17. The molecule has 168 valence electrons. The van der Waals surface area contributed by atoms with Crippen LogP contribution in [-0.4, -0.2) is 0 Å². The molecule has 31 heavy (non-hydrogen) atoms. The van der Waals surface area contributed by atoms with E-state index in [1.807, 2.05) is 0 Å². The van der Waals surface area contributed by atoms with Crippen LogP contribution in [-0.2, 0) is 12.8 Å². The van der Waals surface area contributed by atoms with Crippen molar-refractivity contribution in [2.45, 2.75) is 95.8 Å². The second-order valence-electron chi connectivity index (χ2n) is 9.82. The lowest BCUT2D eigenvalue weighted by Gasteiger charge is -2.30. The van der Waals surface area contributed by atoms with Crippen molar-refractivity contribution in [3.63, 3.8) is 0 Å². The quantitative estimate of drug-likeness (QED) is 0.387. The van der Waals surface area contributed by atoms with E-state index >= 15 is 8.78 Å². The summed E-state index contributed by atoms with van der Waals surface area (Å²) in [5.41, 5.74) is 3.01. The van der Waals surface area contributed by atoms with E-state index < -0.39 is 11.6 Å². The molecule has 0 bridgehead atoms. The zero-order valence-electron chi connectivity index (χ0n) is 18.7. The van der Waals surface area contributed by atoms with E-state index in [0.717, 1.165) is 41.9 Å². The maximum atomic E-state index is 15.1. The summed E-state index contributed by atoms with van der Waals surface area (Å²) in [4.78, 5) is 0. The molecule has 0 aromatic heterocycles. The Kier molecular flexibility index (Phi) is 7.40. The van der Waals surface area contributed by atoms with E-state index in [0.29, 0.717) is 12.8 Å². The van der Waals surface area contributed by atoms with Crippen molar-refractivity contribution in [2.24, 2.45) is 5.92 Å². The van der Waals surface area contributed by atoms with Gasteiger partial charge in [0.05, 0.1) is 0 Å². The van der Waals surface area contributed by atoms with Crippen LogP contribution in [0.3, 0.4) is 0 Å². The molecule has 1 saturated carbocycles. The van der Waals surface area contributed by atoms with Gasteiger partial charge in [0.15, 0.2) is 0 Å². The second kappa shape index (κ2) is 10.2. The monoisotopic (exact) mass is 428 g/mol. The van der Waals surface area contributed by atoms with Crippen LogP contribution in [0.5, 0.6) is 0 Å². The fourth-order valence-electron chi connectivity index (χ4n) is 5.85. The van der Waals surface area contributed by atoms with Gasteiger partial charge in [-0.15, -0.1) is 0 Å². The third kappa shape index (κ3) is 5.35. The Balaban J connectivity index is 1.40. The molecule has 1 fully saturated rings. The number of fused-ring (bicyclic) bond motifs is 1. The third-order valence-corrected chi connectivity index (χ3v) is 7.69. The van der Waals surface area contributed by atoms with Crippen LogP contribution < -0.4 is 0 Å². The van der Waals surface area contributed by atoms with Crippen LogP contribution in [0.2, 0.25) is 0 Å². The van der Waals surface area contributed by atoms with Crippen molar-refractivity contribution >= 4 is 0 Å². The molecule has 0 heterocycles. The predicted molar refractivity (Wildman–Crippen MR) is 121 cm³/mol. The number of benzene rings is 2. The Labute approximate surface area is 185 Å². The summed E-state index contributed by atoms with van der Waals surface area (Å²) in [6.07, 6.45) is 12.9. The van der Waals surface area contributed by atoms with Gasteiger partial charge in [-0.25, -0.2) is 13.2 Å². The molecule has 0 radical (unpaired) electrons. The summed E-state index contributed by atoms with van der Waals surface area (Å²) in [6.45, 7) is 2.24. The zero-order valence-corrected chi connectivity index (χ0v) is 18.7. The van der Waals surface area contributed by atoms with Gasteiger partial charge >= 0.3 is 0 Å². The smallest absolute Gasteiger partial charge is 0.129 e. The minimum Gasteiger partial charge on any atom is -0.207 e. The first-order valence-electron chi connectivity index (χ1n) is 12.3. The summed E-state index contributed by atoms with van der Waals surface area (Å²) < 4.78 is 43.8. The number of halogens is 3. The minimum atomic E-state index is -0.415. The highest BCUT2D eigenvalue weighted by atomic mass is 19.1. The van der Waals surface area contributed by atoms with Crippen molar-refractivity contribution in [2.75, 3.05) is 0 Å². The molecule has 2 aromatic carbocycles. The van der Waals surface area contributed by atoms with Gasteiger partial charge in [0.2, 0.25) is 0 Å². The molecule has 0 aliphatic heterocycles. The van der Waals surface area contributed by atoms with E-state index in [1.165, 1.54) is 57.1 Å². The van der Waals surface area contributed by atoms with Crippen LogP contribution >= 0.6 is 0 Å². The highest BCUT2D eigenvalue weighted by Gasteiger charge is 2.28. The molecule has 2 aliphatic carbocycles. The minimum absolute atomic E-state index is 0.197. The molecule has 1 atom stereocenters. The number of hydrogen-bond acceptors (Lipinski definition) is 0. The average molecular weight is 429 g/mol. The highest BCUT2D eigenvalue weighted by molar-refractivity contribution is 5.37. The van der Waals surface area contributed by atoms with Crippen LogP contribution in [0.4, 0.5) is 13.2 Å². The molecule has 2 aromatic rings. The first kappa shape index (κ1) is 22.4. The Hall–Kier alpha value is -1.77. The van der Waals surface area contributed by atoms with Crippen LogP contribution in [0.15, 0.2) is 30.3 Å². The Bertz CT molecular complexity index is 857. The van der Waals surface area contributed by atoms with E-state index in [-0.39, 0.29) is 23.2 Å². The lowest BCUT2D eigenvalue weighted by molar-refractivity contribution is 0.301. The topological polar surface area (TPSA) is 0 Å². The molecular weight excluding hydrogens is 393 g/mol. The SMILES string of the molecule is CCCCCCC1CCC(c2cc(F)c(C3CCc4ccc(F)cc4C3)c(F)c2)CC1. The standard InChI is InChI=1S/C28H35F3/c1-2-3-4-5-6-19-7-9-20(10-8-19)24-17-26(30)28(27(31)18-24)22-12-11-21-13-14-25(29)16-23(21)15-22/h13-14,16-20,22H,2-12,15H2,1H3. The van der Waals surface area contributed by atoms with Crippen LogP contribution in [0.1, 0.15) is 105 Å². The Morgan fingerprint density at radius 2 is 1.52 bits per heavy atom. The van der Waals surface area contributed by atoms with Crippen molar-refractivity contribution in [1.29, 1.82) is 0 Å². The number of hydrogen-bond donors (Lipinski definition) is 0. The third-order valence-electron chi connectivity index (χ3n) is 7.69. The number of aryl methyl sites for hydroxylation is 1. The van der Waals surface area contributed by atoms with Crippen molar-refractivity contribution in [1.82, 2.24) is 0 Å². The lowest BCUT2D eigenvalue weighted by atomic mass is 9.75. The van der Waals surface area contributed by atoms with Gasteiger partial charge in [-0.3, -0.25) is 0 Å². The van der Waals surface area contributed by atoms with Crippen molar-refractivity contribution in [3.05, 3.63) is 70.0 Å². The summed E-state index contributed by atoms with van der Waals surface area (Å²) >= 11 is 0. The molecule has 0 saturated heterocycles. The van der Waals surface area contributed by atoms with Gasteiger partial charge < -0.3 is 0 Å². The van der Waals surface area contributed by atoms with Gasteiger partial charge in [0, 0.05) is 5.56 Å². The van der Waals surface area contributed by atoms with Crippen LogP contribution in [0, 0.1) is 23.4 Å². The van der Waals surface area contributed by atoms with E-state index in [2.05, 4.69) is 6.92 Å². The molecule has 1 unspecified atom stereocenters.